The molecule has 0 radical (unpaired) electrons. The summed E-state index contributed by atoms with van der Waals surface area (Å²) in [5.41, 5.74) is 1.10. The van der Waals surface area contributed by atoms with Gasteiger partial charge < -0.3 is 15.0 Å². The van der Waals surface area contributed by atoms with Crippen molar-refractivity contribution >= 4 is 5.69 Å². The Morgan fingerprint density at radius 2 is 2.04 bits per heavy atom. The Balaban J connectivity index is 1.32. The summed E-state index contributed by atoms with van der Waals surface area (Å²) in [6.07, 6.45) is 6.73. The molecule has 1 aromatic rings. The highest BCUT2D eigenvalue weighted by Gasteiger charge is 2.28. The number of anilines is 1. The minimum Gasteiger partial charge on any atom is -0.495 e. The molecule has 0 amide bonds. The zero-order chi connectivity index (χ0) is 15.9. The van der Waals surface area contributed by atoms with Gasteiger partial charge >= 0.3 is 0 Å². The molecule has 2 aliphatic rings. The fourth-order valence-electron chi connectivity index (χ4n) is 3.90. The van der Waals surface area contributed by atoms with Crippen LogP contribution in [0.25, 0.3) is 0 Å². The van der Waals surface area contributed by atoms with E-state index in [2.05, 4.69) is 27.2 Å². The standard InChI is InChI=1S/C19H31N3O/c1-23-19-10-3-2-9-18(19)20-11-5-7-12-21-14-15-22-13-6-4-8-17(22)16-21/h2-3,9-10,17,20H,4-8,11-16H2,1H3. The van der Waals surface area contributed by atoms with Gasteiger partial charge in [0, 0.05) is 32.2 Å². The highest BCUT2D eigenvalue weighted by Crippen LogP contribution is 2.23. The number of methoxy groups -OCH3 is 1. The lowest BCUT2D eigenvalue weighted by atomic mass is 9.99. The topological polar surface area (TPSA) is 27.7 Å². The smallest absolute Gasteiger partial charge is 0.141 e. The summed E-state index contributed by atoms with van der Waals surface area (Å²) in [4.78, 5) is 5.39. The number of nitrogens with one attached hydrogen (secondary N) is 1. The molecular weight excluding hydrogens is 286 g/mol. The van der Waals surface area contributed by atoms with Crippen LogP contribution in [0.5, 0.6) is 5.75 Å². The average Bonchev–Trinajstić information content (AvgIpc) is 2.61. The van der Waals surface area contributed by atoms with Gasteiger partial charge in [0.25, 0.3) is 0 Å². The number of unbranched alkanes of at least 4 members (excludes halogenated alkanes) is 1. The largest absolute Gasteiger partial charge is 0.495 e. The number of benzene rings is 1. The second-order valence-electron chi connectivity index (χ2n) is 6.82. The van der Waals surface area contributed by atoms with E-state index in [1.54, 1.807) is 7.11 Å². The maximum Gasteiger partial charge on any atom is 0.141 e. The molecule has 2 fully saturated rings. The molecule has 2 saturated heterocycles. The van der Waals surface area contributed by atoms with E-state index in [1.165, 1.54) is 64.8 Å². The predicted octanol–water partition coefficient (Wildman–Crippen LogP) is 3.06. The lowest BCUT2D eigenvalue weighted by molar-refractivity contribution is 0.0488. The molecule has 2 aliphatic heterocycles. The number of piperazine rings is 1. The van der Waals surface area contributed by atoms with E-state index in [9.17, 15) is 0 Å². The third-order valence-electron chi connectivity index (χ3n) is 5.25. The van der Waals surface area contributed by atoms with Crippen LogP contribution in [0.2, 0.25) is 0 Å². The number of piperidine rings is 1. The molecule has 4 nitrogen and oxygen atoms in total. The molecule has 1 atom stereocenters. The SMILES string of the molecule is COc1ccccc1NCCCCN1CCN2CCCCC2C1. The number of fused-ring (bicyclic) bond motifs is 1. The van der Waals surface area contributed by atoms with Crippen molar-refractivity contribution in [2.75, 3.05) is 51.7 Å². The van der Waals surface area contributed by atoms with Crippen LogP contribution in [0.15, 0.2) is 24.3 Å². The molecule has 2 heterocycles. The lowest BCUT2D eigenvalue weighted by Gasteiger charge is -2.44. The predicted molar refractivity (Wildman–Crippen MR) is 96.4 cm³/mol. The molecular formula is C19H31N3O. The molecule has 0 bridgehead atoms. The normalized spacial score (nSPS) is 22.6. The van der Waals surface area contributed by atoms with Crippen molar-refractivity contribution in [2.45, 2.75) is 38.1 Å². The number of para-hydroxylation sites is 2. The van der Waals surface area contributed by atoms with Gasteiger partial charge in [-0.05, 0) is 50.9 Å². The van der Waals surface area contributed by atoms with Gasteiger partial charge in [-0.1, -0.05) is 18.6 Å². The zero-order valence-corrected chi connectivity index (χ0v) is 14.5. The summed E-state index contributed by atoms with van der Waals surface area (Å²) in [5.74, 6) is 0.931. The third kappa shape index (κ3) is 4.61. The number of hydrogen-bond acceptors (Lipinski definition) is 4. The Morgan fingerprint density at radius 1 is 1.13 bits per heavy atom. The lowest BCUT2D eigenvalue weighted by Crippen LogP contribution is -2.54. The number of hydrogen-bond donors (Lipinski definition) is 1. The quantitative estimate of drug-likeness (QED) is 0.782. The monoisotopic (exact) mass is 317 g/mol. The number of ether oxygens (including phenoxy) is 1. The van der Waals surface area contributed by atoms with Crippen LogP contribution in [0.4, 0.5) is 5.69 Å². The van der Waals surface area contributed by atoms with Gasteiger partial charge in [0.05, 0.1) is 12.8 Å². The van der Waals surface area contributed by atoms with E-state index in [0.717, 1.165) is 24.0 Å². The van der Waals surface area contributed by atoms with E-state index in [-0.39, 0.29) is 0 Å². The Hall–Kier alpha value is -1.26. The van der Waals surface area contributed by atoms with E-state index in [1.807, 2.05) is 12.1 Å². The average molecular weight is 317 g/mol. The van der Waals surface area contributed by atoms with Crippen LogP contribution >= 0.6 is 0 Å². The summed E-state index contributed by atoms with van der Waals surface area (Å²) in [7, 11) is 1.73. The van der Waals surface area contributed by atoms with Gasteiger partial charge in [0.2, 0.25) is 0 Å². The summed E-state index contributed by atoms with van der Waals surface area (Å²) in [6, 6.07) is 8.99. The molecule has 1 aromatic carbocycles. The van der Waals surface area contributed by atoms with Crippen molar-refractivity contribution in [1.29, 1.82) is 0 Å². The summed E-state index contributed by atoms with van der Waals surface area (Å²) < 4.78 is 5.37. The number of rotatable bonds is 7. The molecule has 0 aliphatic carbocycles. The molecule has 1 N–H and O–H groups in total. The molecule has 0 spiro atoms. The van der Waals surface area contributed by atoms with Crippen molar-refractivity contribution in [3.63, 3.8) is 0 Å². The maximum atomic E-state index is 5.37. The Kier molecular flexibility index (Phi) is 6.17. The molecule has 0 saturated carbocycles. The summed E-state index contributed by atoms with van der Waals surface area (Å²) in [5, 5.41) is 3.50. The highest BCUT2D eigenvalue weighted by atomic mass is 16.5. The van der Waals surface area contributed by atoms with Gasteiger partial charge in [-0.15, -0.1) is 0 Å². The first-order chi connectivity index (χ1) is 11.4. The Labute approximate surface area is 140 Å². The Morgan fingerprint density at radius 3 is 2.96 bits per heavy atom. The first-order valence-electron chi connectivity index (χ1n) is 9.20. The summed E-state index contributed by atoms with van der Waals surface area (Å²) >= 11 is 0. The Bertz CT molecular complexity index is 479. The van der Waals surface area contributed by atoms with Gasteiger partial charge in [-0.25, -0.2) is 0 Å². The van der Waals surface area contributed by atoms with Crippen LogP contribution in [-0.4, -0.2) is 62.2 Å². The minimum absolute atomic E-state index is 0.837. The second-order valence-corrected chi connectivity index (χ2v) is 6.82. The van der Waals surface area contributed by atoms with Crippen molar-refractivity contribution in [1.82, 2.24) is 9.80 Å². The zero-order valence-electron chi connectivity index (χ0n) is 14.5. The van der Waals surface area contributed by atoms with Gasteiger partial charge in [-0.2, -0.15) is 0 Å². The van der Waals surface area contributed by atoms with Gasteiger partial charge in [0.1, 0.15) is 5.75 Å². The van der Waals surface area contributed by atoms with Gasteiger partial charge in [0.15, 0.2) is 0 Å². The molecule has 0 aromatic heterocycles. The second kappa shape index (κ2) is 8.55. The van der Waals surface area contributed by atoms with Crippen molar-refractivity contribution < 1.29 is 4.74 Å². The molecule has 23 heavy (non-hydrogen) atoms. The molecule has 1 unspecified atom stereocenters. The maximum absolute atomic E-state index is 5.37. The molecule has 3 rings (SSSR count). The van der Waals surface area contributed by atoms with E-state index < -0.39 is 0 Å². The van der Waals surface area contributed by atoms with Gasteiger partial charge in [-0.3, -0.25) is 4.90 Å². The van der Waals surface area contributed by atoms with Crippen LogP contribution in [0.3, 0.4) is 0 Å². The fraction of sp³-hybridized carbons (Fsp3) is 0.684. The van der Waals surface area contributed by atoms with Crippen LogP contribution in [-0.2, 0) is 0 Å². The van der Waals surface area contributed by atoms with Crippen molar-refractivity contribution in [3.05, 3.63) is 24.3 Å². The fourth-order valence-corrected chi connectivity index (χ4v) is 3.90. The summed E-state index contributed by atoms with van der Waals surface area (Å²) in [6.45, 7) is 7.43. The van der Waals surface area contributed by atoms with Crippen LogP contribution in [0.1, 0.15) is 32.1 Å². The van der Waals surface area contributed by atoms with E-state index in [0.29, 0.717) is 0 Å². The van der Waals surface area contributed by atoms with Crippen LogP contribution < -0.4 is 10.1 Å². The van der Waals surface area contributed by atoms with Crippen LogP contribution in [0, 0.1) is 0 Å². The first kappa shape index (κ1) is 16.6. The van der Waals surface area contributed by atoms with Crippen molar-refractivity contribution in [2.24, 2.45) is 0 Å². The van der Waals surface area contributed by atoms with Crippen molar-refractivity contribution in [3.8, 4) is 5.75 Å². The molecule has 4 heteroatoms. The van der Waals surface area contributed by atoms with E-state index >= 15 is 0 Å². The highest BCUT2D eigenvalue weighted by molar-refractivity contribution is 5.55. The minimum atomic E-state index is 0.837. The first-order valence-corrected chi connectivity index (χ1v) is 9.20. The number of nitrogens with zero attached hydrogens (tertiary/aromatic N) is 2. The van der Waals surface area contributed by atoms with E-state index in [4.69, 9.17) is 4.74 Å². The molecule has 128 valence electrons. The third-order valence-corrected chi connectivity index (χ3v) is 5.25.